The lowest BCUT2D eigenvalue weighted by atomic mass is 10.1. The van der Waals surface area contributed by atoms with Gasteiger partial charge < -0.3 is 24.4 Å². The van der Waals surface area contributed by atoms with Crippen LogP contribution in [0.5, 0.6) is 11.5 Å². The second-order valence-electron chi connectivity index (χ2n) is 10.3. The molecule has 9 nitrogen and oxygen atoms in total. The van der Waals surface area contributed by atoms with Gasteiger partial charge in [0.2, 0.25) is 12.7 Å². The quantitative estimate of drug-likeness (QED) is 0.214. The molecule has 0 bridgehead atoms. The van der Waals surface area contributed by atoms with E-state index in [0.717, 1.165) is 36.4 Å². The van der Waals surface area contributed by atoms with Gasteiger partial charge in [-0.05, 0) is 66.4 Å². The van der Waals surface area contributed by atoms with Crippen LogP contribution in [0.15, 0.2) is 70.6 Å². The summed E-state index contributed by atoms with van der Waals surface area (Å²) in [6.07, 6.45) is 1.50. The number of fused-ring (bicyclic) bond motifs is 2. The molecule has 218 valence electrons. The molecular formula is C32H34N4O5S. The lowest BCUT2D eigenvalue weighted by molar-refractivity contribution is -0.115. The molecule has 1 aromatic heterocycles. The second-order valence-corrected chi connectivity index (χ2v) is 11.5. The van der Waals surface area contributed by atoms with E-state index in [9.17, 15) is 9.59 Å². The maximum atomic E-state index is 14.1. The molecule has 4 aromatic rings. The van der Waals surface area contributed by atoms with Crippen LogP contribution in [0.3, 0.4) is 0 Å². The zero-order valence-corrected chi connectivity index (χ0v) is 24.6. The highest BCUT2D eigenvalue weighted by molar-refractivity contribution is 8.00. The average Bonchev–Trinajstić information content (AvgIpc) is 3.50. The van der Waals surface area contributed by atoms with Crippen molar-refractivity contribution in [2.75, 3.05) is 43.3 Å². The van der Waals surface area contributed by atoms with Crippen LogP contribution in [0.4, 0.5) is 11.4 Å². The first kappa shape index (κ1) is 28.1. The molecule has 3 aromatic carbocycles. The highest BCUT2D eigenvalue weighted by atomic mass is 32.2. The monoisotopic (exact) mass is 586 g/mol. The van der Waals surface area contributed by atoms with E-state index in [1.807, 2.05) is 67.6 Å². The maximum absolute atomic E-state index is 14.1. The number of rotatable bonds is 9. The molecule has 0 aliphatic carbocycles. The number of benzene rings is 3. The van der Waals surface area contributed by atoms with E-state index in [4.69, 9.17) is 19.2 Å². The minimum atomic E-state index is -0.448. The van der Waals surface area contributed by atoms with E-state index in [2.05, 4.69) is 17.1 Å². The average molecular weight is 587 g/mol. The molecule has 2 aliphatic heterocycles. The molecule has 10 heteroatoms. The maximum Gasteiger partial charge on any atom is 0.262 e. The molecule has 0 radical (unpaired) electrons. The zero-order chi connectivity index (χ0) is 29.1. The smallest absolute Gasteiger partial charge is 0.262 e. The number of thioether (sulfide) groups is 1. The summed E-state index contributed by atoms with van der Waals surface area (Å²) < 4.78 is 18.2. The molecule has 3 heterocycles. The van der Waals surface area contributed by atoms with Crippen LogP contribution in [0.1, 0.15) is 31.4 Å². The topological polar surface area (TPSA) is 94.9 Å². The number of hydrogen-bond donors (Lipinski definition) is 1. The molecular weight excluding hydrogens is 552 g/mol. The summed E-state index contributed by atoms with van der Waals surface area (Å²) in [5.41, 5.74) is 4.25. The van der Waals surface area contributed by atoms with Gasteiger partial charge in [-0.3, -0.25) is 14.2 Å². The zero-order valence-electron chi connectivity index (χ0n) is 23.8. The molecule has 2 aliphatic rings. The van der Waals surface area contributed by atoms with Crippen LogP contribution in [-0.4, -0.2) is 53.8 Å². The Balaban J connectivity index is 1.35. The summed E-state index contributed by atoms with van der Waals surface area (Å²) in [4.78, 5) is 34.7. The molecule has 0 spiro atoms. The van der Waals surface area contributed by atoms with Crippen LogP contribution in [0.25, 0.3) is 10.9 Å². The highest BCUT2D eigenvalue weighted by Crippen LogP contribution is 2.33. The van der Waals surface area contributed by atoms with Gasteiger partial charge in [0.1, 0.15) is 0 Å². The third-order valence-electron chi connectivity index (χ3n) is 7.60. The molecule has 1 fully saturated rings. The van der Waals surface area contributed by atoms with Crippen molar-refractivity contribution in [2.24, 2.45) is 0 Å². The van der Waals surface area contributed by atoms with Crippen molar-refractivity contribution in [2.45, 2.75) is 43.6 Å². The van der Waals surface area contributed by atoms with Gasteiger partial charge in [0.05, 0.1) is 35.9 Å². The molecule has 1 unspecified atom stereocenters. The van der Waals surface area contributed by atoms with Crippen LogP contribution in [0.2, 0.25) is 0 Å². The summed E-state index contributed by atoms with van der Waals surface area (Å²) in [5.74, 6) is 1.21. The number of hydrogen-bond acceptors (Lipinski definition) is 8. The Morgan fingerprint density at radius 1 is 0.976 bits per heavy atom. The lowest BCUT2D eigenvalue weighted by Gasteiger charge is -2.29. The fourth-order valence-corrected chi connectivity index (χ4v) is 6.17. The third-order valence-corrected chi connectivity index (χ3v) is 8.95. The van der Waals surface area contributed by atoms with Crippen LogP contribution in [0, 0.1) is 0 Å². The van der Waals surface area contributed by atoms with Crippen molar-refractivity contribution in [3.05, 3.63) is 82.1 Å². The van der Waals surface area contributed by atoms with E-state index in [1.165, 1.54) is 17.3 Å². The normalized spacial score (nSPS) is 15.1. The molecule has 1 atom stereocenters. The number of carbonyl (C=O) groups excluding carboxylic acids is 1. The fraction of sp³-hybridized carbons (Fsp3) is 0.344. The molecule has 1 N–H and O–H groups in total. The fourth-order valence-electron chi connectivity index (χ4n) is 5.15. The van der Waals surface area contributed by atoms with Crippen molar-refractivity contribution in [3.63, 3.8) is 0 Å². The number of aromatic nitrogens is 2. The predicted molar refractivity (Wildman–Crippen MR) is 165 cm³/mol. The first-order valence-corrected chi connectivity index (χ1v) is 15.2. The minimum Gasteiger partial charge on any atom is -0.454 e. The standard InChI is InChI=1S/C32H34N4O5S/c1-3-21-5-8-23(9-6-21)33-30(37)29(4-2)42-32-34-26-11-10-24(35-13-15-39-16-14-35)18-25(26)31(38)36(32)19-22-7-12-27-28(17-22)41-20-40-27/h5-12,17-18,29H,3-4,13-16,19-20H2,1-2H3,(H,33,37). The van der Waals surface area contributed by atoms with Gasteiger partial charge in [-0.2, -0.15) is 0 Å². The van der Waals surface area contributed by atoms with Gasteiger partial charge in [0.15, 0.2) is 16.7 Å². The van der Waals surface area contributed by atoms with Gasteiger partial charge >= 0.3 is 0 Å². The Kier molecular flexibility index (Phi) is 8.34. The molecule has 0 saturated carbocycles. The summed E-state index contributed by atoms with van der Waals surface area (Å²) >= 11 is 1.31. The molecule has 1 saturated heterocycles. The van der Waals surface area contributed by atoms with Gasteiger partial charge in [0.25, 0.3) is 5.56 Å². The van der Waals surface area contributed by atoms with Gasteiger partial charge in [-0.15, -0.1) is 0 Å². The number of ether oxygens (including phenoxy) is 3. The molecule has 42 heavy (non-hydrogen) atoms. The predicted octanol–water partition coefficient (Wildman–Crippen LogP) is 5.08. The van der Waals surface area contributed by atoms with Gasteiger partial charge in [-0.25, -0.2) is 4.98 Å². The Bertz CT molecular complexity index is 1650. The van der Waals surface area contributed by atoms with Crippen molar-refractivity contribution >= 4 is 39.9 Å². The van der Waals surface area contributed by atoms with Crippen molar-refractivity contribution < 1.29 is 19.0 Å². The number of amides is 1. The third kappa shape index (κ3) is 5.96. The van der Waals surface area contributed by atoms with Crippen molar-refractivity contribution in [1.29, 1.82) is 0 Å². The Hall–Kier alpha value is -4.02. The Morgan fingerprint density at radius 3 is 2.50 bits per heavy atom. The number of carbonyl (C=O) groups is 1. The number of aryl methyl sites for hydroxylation is 1. The largest absolute Gasteiger partial charge is 0.454 e. The van der Waals surface area contributed by atoms with E-state index >= 15 is 0 Å². The van der Waals surface area contributed by atoms with E-state index < -0.39 is 5.25 Å². The van der Waals surface area contributed by atoms with Gasteiger partial charge in [0, 0.05) is 24.5 Å². The SMILES string of the molecule is CCc1ccc(NC(=O)C(CC)Sc2nc3ccc(N4CCOCC4)cc3c(=O)n2Cc2ccc3c(c2)OCO3)cc1. The summed E-state index contributed by atoms with van der Waals surface area (Å²) in [6, 6.07) is 19.4. The van der Waals surface area contributed by atoms with Crippen molar-refractivity contribution in [1.82, 2.24) is 9.55 Å². The number of nitrogens with one attached hydrogen (secondary N) is 1. The first-order valence-electron chi connectivity index (χ1n) is 14.3. The Labute approximate surface area is 248 Å². The van der Waals surface area contributed by atoms with E-state index in [-0.39, 0.29) is 24.8 Å². The van der Waals surface area contributed by atoms with Gasteiger partial charge in [-0.1, -0.05) is 43.8 Å². The number of nitrogens with zero attached hydrogens (tertiary/aromatic N) is 3. The van der Waals surface area contributed by atoms with Crippen LogP contribution < -0.4 is 25.2 Å². The van der Waals surface area contributed by atoms with E-state index in [0.29, 0.717) is 47.2 Å². The second kappa shape index (κ2) is 12.5. The minimum absolute atomic E-state index is 0.126. The first-order chi connectivity index (χ1) is 20.5. The molecule has 1 amide bonds. The Morgan fingerprint density at radius 2 is 1.74 bits per heavy atom. The van der Waals surface area contributed by atoms with Crippen LogP contribution >= 0.6 is 11.8 Å². The van der Waals surface area contributed by atoms with Crippen molar-refractivity contribution in [3.8, 4) is 11.5 Å². The number of anilines is 2. The summed E-state index contributed by atoms with van der Waals surface area (Å²) in [7, 11) is 0. The van der Waals surface area contributed by atoms with E-state index in [1.54, 1.807) is 4.57 Å². The number of morpholine rings is 1. The summed E-state index contributed by atoms with van der Waals surface area (Å²) in [6.45, 7) is 7.37. The van der Waals surface area contributed by atoms with Crippen LogP contribution in [-0.2, 0) is 22.5 Å². The lowest BCUT2D eigenvalue weighted by Crippen LogP contribution is -2.36. The highest BCUT2D eigenvalue weighted by Gasteiger charge is 2.24. The molecule has 6 rings (SSSR count). The summed E-state index contributed by atoms with van der Waals surface area (Å²) in [5, 5.41) is 3.62.